The first-order valence-electron chi connectivity index (χ1n) is 8.92. The number of hydrogen-bond acceptors (Lipinski definition) is 1. The minimum atomic E-state index is 0.693. The number of benzene rings is 4. The van der Waals surface area contributed by atoms with Crippen LogP contribution in [0.15, 0.2) is 97.1 Å². The molecule has 5 aromatic rings. The summed E-state index contributed by atoms with van der Waals surface area (Å²) in [5.74, 6) is 0. The summed E-state index contributed by atoms with van der Waals surface area (Å²) < 4.78 is 2.28. The smallest absolute Gasteiger partial charge is 0.0818 e. The monoisotopic (exact) mass is 368 g/mol. The molecular weight excluding hydrogens is 352 g/mol. The van der Waals surface area contributed by atoms with Crippen LogP contribution < -0.4 is 5.32 Å². The molecule has 0 bridgehead atoms. The number of anilines is 2. The van der Waals surface area contributed by atoms with Crippen LogP contribution in [0.1, 0.15) is 0 Å². The van der Waals surface area contributed by atoms with E-state index in [0.29, 0.717) is 5.02 Å². The molecule has 0 aliphatic heterocycles. The van der Waals surface area contributed by atoms with Gasteiger partial charge in [0.2, 0.25) is 0 Å². The Morgan fingerprint density at radius 2 is 1.19 bits per heavy atom. The van der Waals surface area contributed by atoms with Crippen LogP contribution in [0.25, 0.3) is 27.5 Å². The van der Waals surface area contributed by atoms with Crippen LogP contribution in [-0.2, 0) is 0 Å². The third-order valence-electron chi connectivity index (χ3n) is 4.86. The largest absolute Gasteiger partial charge is 0.353 e. The molecule has 0 unspecified atom stereocenters. The van der Waals surface area contributed by atoms with E-state index in [9.17, 15) is 0 Å². The number of para-hydroxylation sites is 4. The standard InChI is InChI=1S/C24H17ClN2/c25-20-13-8-16-23(24(20)26-17-9-2-1-3-10-17)27-21-14-6-4-11-18(21)19-12-5-7-15-22(19)27/h1-16,26H. The third-order valence-corrected chi connectivity index (χ3v) is 5.17. The second-order valence-corrected chi connectivity index (χ2v) is 6.90. The van der Waals surface area contributed by atoms with Crippen LogP contribution in [0.4, 0.5) is 11.4 Å². The second kappa shape index (κ2) is 6.49. The lowest BCUT2D eigenvalue weighted by Gasteiger charge is -2.16. The van der Waals surface area contributed by atoms with Gasteiger partial charge in [-0.1, -0.05) is 72.3 Å². The highest BCUT2D eigenvalue weighted by molar-refractivity contribution is 6.34. The van der Waals surface area contributed by atoms with E-state index in [2.05, 4.69) is 64.5 Å². The highest BCUT2D eigenvalue weighted by Crippen LogP contribution is 2.38. The van der Waals surface area contributed by atoms with Crippen molar-refractivity contribution in [2.45, 2.75) is 0 Å². The zero-order valence-corrected chi connectivity index (χ0v) is 15.3. The summed E-state index contributed by atoms with van der Waals surface area (Å²) in [4.78, 5) is 0. The van der Waals surface area contributed by atoms with Gasteiger partial charge >= 0.3 is 0 Å². The van der Waals surface area contributed by atoms with E-state index in [0.717, 1.165) is 28.1 Å². The molecule has 1 aromatic heterocycles. The number of nitrogens with one attached hydrogen (secondary N) is 1. The number of fused-ring (bicyclic) bond motifs is 3. The highest BCUT2D eigenvalue weighted by Gasteiger charge is 2.15. The number of rotatable bonds is 3. The molecule has 0 amide bonds. The summed E-state index contributed by atoms with van der Waals surface area (Å²) in [6.45, 7) is 0. The quantitative estimate of drug-likeness (QED) is 0.357. The predicted molar refractivity (Wildman–Crippen MR) is 116 cm³/mol. The van der Waals surface area contributed by atoms with Crippen molar-refractivity contribution in [1.82, 2.24) is 4.57 Å². The molecule has 2 nitrogen and oxygen atoms in total. The van der Waals surface area contributed by atoms with Crippen molar-refractivity contribution in [1.29, 1.82) is 0 Å². The van der Waals surface area contributed by atoms with Crippen molar-refractivity contribution in [2.75, 3.05) is 5.32 Å². The molecule has 5 rings (SSSR count). The molecule has 0 atom stereocenters. The van der Waals surface area contributed by atoms with Crippen LogP contribution in [0, 0.1) is 0 Å². The lowest BCUT2D eigenvalue weighted by atomic mass is 10.2. The number of aromatic nitrogens is 1. The van der Waals surface area contributed by atoms with Crippen LogP contribution in [-0.4, -0.2) is 4.57 Å². The van der Waals surface area contributed by atoms with Gasteiger partial charge in [-0.2, -0.15) is 0 Å². The van der Waals surface area contributed by atoms with Crippen molar-refractivity contribution < 1.29 is 0 Å². The Hall–Kier alpha value is -3.23. The Labute approximate surface area is 162 Å². The number of halogens is 1. The fourth-order valence-electron chi connectivity index (χ4n) is 3.67. The van der Waals surface area contributed by atoms with Crippen LogP contribution in [0.2, 0.25) is 5.02 Å². The van der Waals surface area contributed by atoms with E-state index in [1.54, 1.807) is 0 Å². The van der Waals surface area contributed by atoms with Gasteiger partial charge in [0.25, 0.3) is 0 Å². The summed E-state index contributed by atoms with van der Waals surface area (Å²) in [7, 11) is 0. The fourth-order valence-corrected chi connectivity index (χ4v) is 3.89. The van der Waals surface area contributed by atoms with Crippen LogP contribution >= 0.6 is 11.6 Å². The molecular formula is C24H17ClN2. The first kappa shape index (κ1) is 16.0. The molecule has 0 aliphatic rings. The first-order chi connectivity index (χ1) is 13.3. The molecule has 0 saturated carbocycles. The molecule has 0 saturated heterocycles. The molecule has 0 fully saturated rings. The fraction of sp³-hybridized carbons (Fsp3) is 0. The SMILES string of the molecule is Clc1cccc(-n2c3ccccc3c3ccccc32)c1Nc1ccccc1. The van der Waals surface area contributed by atoms with Gasteiger partial charge in [0, 0.05) is 16.5 Å². The average molecular weight is 369 g/mol. The zero-order valence-electron chi connectivity index (χ0n) is 14.6. The maximum Gasteiger partial charge on any atom is 0.0818 e. The highest BCUT2D eigenvalue weighted by atomic mass is 35.5. The van der Waals surface area contributed by atoms with E-state index < -0.39 is 0 Å². The van der Waals surface area contributed by atoms with E-state index in [1.807, 2.05) is 42.5 Å². The van der Waals surface area contributed by atoms with E-state index >= 15 is 0 Å². The summed E-state index contributed by atoms with van der Waals surface area (Å²) in [5.41, 5.74) is 5.27. The summed E-state index contributed by atoms with van der Waals surface area (Å²) in [6, 6.07) is 33.1. The van der Waals surface area contributed by atoms with Crippen molar-refractivity contribution in [3.63, 3.8) is 0 Å². The van der Waals surface area contributed by atoms with Gasteiger partial charge in [-0.05, 0) is 36.4 Å². The van der Waals surface area contributed by atoms with Crippen LogP contribution in [0.3, 0.4) is 0 Å². The van der Waals surface area contributed by atoms with E-state index in [4.69, 9.17) is 11.6 Å². The molecule has 3 heteroatoms. The number of nitrogens with zero attached hydrogens (tertiary/aromatic N) is 1. The molecule has 4 aromatic carbocycles. The van der Waals surface area contributed by atoms with Crippen molar-refractivity contribution in [3.8, 4) is 5.69 Å². The molecule has 130 valence electrons. The lowest BCUT2D eigenvalue weighted by molar-refractivity contribution is 1.18. The Morgan fingerprint density at radius 1 is 0.593 bits per heavy atom. The molecule has 27 heavy (non-hydrogen) atoms. The van der Waals surface area contributed by atoms with Crippen molar-refractivity contribution in [3.05, 3.63) is 102 Å². The lowest BCUT2D eigenvalue weighted by Crippen LogP contribution is -2.01. The Bertz CT molecular complexity index is 1200. The summed E-state index contributed by atoms with van der Waals surface area (Å²) in [6.07, 6.45) is 0. The minimum Gasteiger partial charge on any atom is -0.353 e. The molecule has 0 spiro atoms. The molecule has 1 heterocycles. The van der Waals surface area contributed by atoms with Crippen LogP contribution in [0.5, 0.6) is 0 Å². The minimum absolute atomic E-state index is 0.693. The van der Waals surface area contributed by atoms with Gasteiger partial charge in [-0.25, -0.2) is 0 Å². The second-order valence-electron chi connectivity index (χ2n) is 6.49. The van der Waals surface area contributed by atoms with Gasteiger partial charge in [-0.3, -0.25) is 0 Å². The zero-order chi connectivity index (χ0) is 18.2. The van der Waals surface area contributed by atoms with Gasteiger partial charge in [0.05, 0.1) is 27.4 Å². The summed E-state index contributed by atoms with van der Waals surface area (Å²) >= 11 is 6.62. The molecule has 1 N–H and O–H groups in total. The first-order valence-corrected chi connectivity index (χ1v) is 9.30. The summed E-state index contributed by atoms with van der Waals surface area (Å²) in [5, 5.41) is 6.67. The Balaban J connectivity index is 1.82. The maximum absolute atomic E-state index is 6.62. The molecule has 0 aliphatic carbocycles. The van der Waals surface area contributed by atoms with Crippen molar-refractivity contribution >= 4 is 44.8 Å². The molecule has 0 radical (unpaired) electrons. The van der Waals surface area contributed by atoms with E-state index in [-0.39, 0.29) is 0 Å². The third kappa shape index (κ3) is 2.66. The maximum atomic E-state index is 6.62. The topological polar surface area (TPSA) is 17.0 Å². The normalized spacial score (nSPS) is 11.1. The Morgan fingerprint density at radius 3 is 1.85 bits per heavy atom. The van der Waals surface area contributed by atoms with Gasteiger partial charge in [0.1, 0.15) is 0 Å². The van der Waals surface area contributed by atoms with Gasteiger partial charge in [0.15, 0.2) is 0 Å². The predicted octanol–water partition coefficient (Wildman–Crippen LogP) is 7.18. The average Bonchev–Trinajstić information content (AvgIpc) is 3.05. The van der Waals surface area contributed by atoms with Gasteiger partial charge < -0.3 is 9.88 Å². The van der Waals surface area contributed by atoms with Gasteiger partial charge in [-0.15, -0.1) is 0 Å². The van der Waals surface area contributed by atoms with Crippen molar-refractivity contribution in [2.24, 2.45) is 0 Å². The van der Waals surface area contributed by atoms with E-state index in [1.165, 1.54) is 10.8 Å². The number of hydrogen-bond donors (Lipinski definition) is 1. The Kier molecular flexibility index (Phi) is 3.84.